The van der Waals surface area contributed by atoms with E-state index < -0.39 is 0 Å². The number of piperidine rings is 1. The predicted molar refractivity (Wildman–Crippen MR) is 53.9 cm³/mol. The zero-order valence-electron chi connectivity index (χ0n) is 9.19. The first kappa shape index (κ1) is 9.97. The van der Waals surface area contributed by atoms with Crippen molar-refractivity contribution in [2.45, 2.75) is 38.3 Å². The number of hydrogen-bond donors (Lipinski definition) is 0. The van der Waals surface area contributed by atoms with E-state index in [-0.39, 0.29) is 11.9 Å². The van der Waals surface area contributed by atoms with Crippen molar-refractivity contribution >= 4 is 5.97 Å². The Hall–Kier alpha value is -0.570. The molecule has 2 rings (SSSR count). The van der Waals surface area contributed by atoms with Crippen LogP contribution in [0.4, 0.5) is 0 Å². The fourth-order valence-electron chi connectivity index (χ4n) is 3.24. The molecule has 0 saturated carbocycles. The summed E-state index contributed by atoms with van der Waals surface area (Å²) in [5.74, 6) is 0.564. The molecule has 0 amide bonds. The van der Waals surface area contributed by atoms with E-state index in [2.05, 4.69) is 18.9 Å². The Kier molecular flexibility index (Phi) is 2.52. The third-order valence-electron chi connectivity index (χ3n) is 4.04. The molecule has 0 aromatic heterocycles. The summed E-state index contributed by atoms with van der Waals surface area (Å²) < 4.78 is 4.89. The highest BCUT2D eigenvalue weighted by Crippen LogP contribution is 2.41. The van der Waals surface area contributed by atoms with Gasteiger partial charge in [0.2, 0.25) is 0 Å². The van der Waals surface area contributed by atoms with Crippen molar-refractivity contribution in [2.75, 3.05) is 14.2 Å². The normalized spacial score (nSPS) is 42.5. The van der Waals surface area contributed by atoms with Crippen molar-refractivity contribution in [1.82, 2.24) is 4.90 Å². The van der Waals surface area contributed by atoms with Crippen molar-refractivity contribution < 1.29 is 9.53 Å². The van der Waals surface area contributed by atoms with Crippen molar-refractivity contribution in [3.8, 4) is 0 Å². The van der Waals surface area contributed by atoms with Crippen LogP contribution in [0.15, 0.2) is 0 Å². The number of ether oxygens (including phenoxy) is 1. The van der Waals surface area contributed by atoms with E-state index in [9.17, 15) is 4.79 Å². The monoisotopic (exact) mass is 197 g/mol. The summed E-state index contributed by atoms with van der Waals surface area (Å²) in [6.45, 7) is 2.18. The molecular formula is C11H19NO2. The van der Waals surface area contributed by atoms with Crippen LogP contribution >= 0.6 is 0 Å². The standard InChI is InChI=1S/C11H19NO2/c1-7-6-8-4-5-9(12(8)2)10(7)11(13)14-3/h7-10H,4-6H2,1-3H3/t7-,8+,9?,10?/m1/s1. The summed E-state index contributed by atoms with van der Waals surface area (Å²) >= 11 is 0. The Balaban J connectivity index is 2.18. The Morgan fingerprint density at radius 1 is 1.43 bits per heavy atom. The van der Waals surface area contributed by atoms with Crippen molar-refractivity contribution in [3.63, 3.8) is 0 Å². The van der Waals surface area contributed by atoms with Crippen molar-refractivity contribution in [3.05, 3.63) is 0 Å². The van der Waals surface area contributed by atoms with Crippen LogP contribution in [0.25, 0.3) is 0 Å². The zero-order valence-corrected chi connectivity index (χ0v) is 9.19. The highest BCUT2D eigenvalue weighted by Gasteiger charge is 2.47. The summed E-state index contributed by atoms with van der Waals surface area (Å²) in [5.41, 5.74) is 0. The Morgan fingerprint density at radius 2 is 2.14 bits per heavy atom. The molecule has 2 heterocycles. The van der Waals surface area contributed by atoms with Gasteiger partial charge in [-0.1, -0.05) is 6.92 Å². The van der Waals surface area contributed by atoms with Gasteiger partial charge in [-0.3, -0.25) is 9.69 Å². The van der Waals surface area contributed by atoms with E-state index in [1.165, 1.54) is 13.5 Å². The van der Waals surface area contributed by atoms with Gasteiger partial charge in [-0.25, -0.2) is 0 Å². The van der Waals surface area contributed by atoms with Crippen LogP contribution in [-0.2, 0) is 9.53 Å². The minimum Gasteiger partial charge on any atom is -0.469 e. The van der Waals surface area contributed by atoms with Crippen molar-refractivity contribution in [1.29, 1.82) is 0 Å². The summed E-state index contributed by atoms with van der Waals surface area (Å²) in [6, 6.07) is 1.13. The molecule has 0 radical (unpaired) electrons. The maximum Gasteiger partial charge on any atom is 0.310 e. The van der Waals surface area contributed by atoms with E-state index in [1.807, 2.05) is 0 Å². The number of carbonyl (C=O) groups is 1. The van der Waals surface area contributed by atoms with Crippen LogP contribution in [0.2, 0.25) is 0 Å². The Labute approximate surface area is 85.4 Å². The average Bonchev–Trinajstić information content (AvgIpc) is 2.42. The highest BCUT2D eigenvalue weighted by molar-refractivity contribution is 5.73. The molecule has 0 aromatic rings. The summed E-state index contributed by atoms with van der Waals surface area (Å²) in [6.07, 6.45) is 3.55. The van der Waals surface area contributed by atoms with Gasteiger partial charge in [0, 0.05) is 12.1 Å². The molecule has 4 atom stereocenters. The number of hydrogen-bond acceptors (Lipinski definition) is 3. The van der Waals surface area contributed by atoms with Gasteiger partial charge in [0.15, 0.2) is 0 Å². The van der Waals surface area contributed by atoms with Crippen LogP contribution in [0, 0.1) is 11.8 Å². The van der Waals surface area contributed by atoms with E-state index in [0.717, 1.165) is 12.8 Å². The molecule has 0 aliphatic carbocycles. The van der Waals surface area contributed by atoms with Gasteiger partial charge in [0.1, 0.15) is 0 Å². The molecule has 2 saturated heterocycles. The lowest BCUT2D eigenvalue weighted by Gasteiger charge is -2.40. The number of methoxy groups -OCH3 is 1. The van der Waals surface area contributed by atoms with Crippen LogP contribution in [0.3, 0.4) is 0 Å². The average molecular weight is 197 g/mol. The Morgan fingerprint density at radius 3 is 2.79 bits per heavy atom. The van der Waals surface area contributed by atoms with Gasteiger partial charge in [-0.05, 0) is 32.2 Å². The van der Waals surface area contributed by atoms with Gasteiger partial charge >= 0.3 is 5.97 Å². The Bertz CT molecular complexity index is 241. The number of esters is 1. The van der Waals surface area contributed by atoms with E-state index in [1.54, 1.807) is 0 Å². The first-order valence-corrected chi connectivity index (χ1v) is 5.45. The molecule has 2 aliphatic heterocycles. The maximum absolute atomic E-state index is 11.7. The molecule has 0 N–H and O–H groups in total. The summed E-state index contributed by atoms with van der Waals surface area (Å²) in [7, 11) is 3.64. The molecule has 3 heteroatoms. The number of fused-ring (bicyclic) bond motifs is 2. The largest absolute Gasteiger partial charge is 0.469 e. The highest BCUT2D eigenvalue weighted by atomic mass is 16.5. The quantitative estimate of drug-likeness (QED) is 0.593. The van der Waals surface area contributed by atoms with E-state index >= 15 is 0 Å². The molecule has 2 unspecified atom stereocenters. The third-order valence-corrected chi connectivity index (χ3v) is 4.04. The molecule has 3 nitrogen and oxygen atoms in total. The SMILES string of the molecule is COC(=O)C1C2CC[C@@H](C[C@H]1C)N2C. The van der Waals surface area contributed by atoms with Crippen LogP contribution in [0.1, 0.15) is 26.2 Å². The third kappa shape index (κ3) is 1.34. The van der Waals surface area contributed by atoms with Gasteiger partial charge in [0.05, 0.1) is 13.0 Å². The molecule has 80 valence electrons. The molecule has 14 heavy (non-hydrogen) atoms. The molecule has 0 aromatic carbocycles. The second-order valence-electron chi connectivity index (χ2n) is 4.73. The number of nitrogens with zero attached hydrogens (tertiary/aromatic N) is 1. The molecule has 2 bridgehead atoms. The molecule has 2 aliphatic rings. The fourth-order valence-corrected chi connectivity index (χ4v) is 3.24. The molecule has 2 fully saturated rings. The van der Waals surface area contributed by atoms with Crippen LogP contribution < -0.4 is 0 Å². The fraction of sp³-hybridized carbons (Fsp3) is 0.909. The number of carbonyl (C=O) groups excluding carboxylic acids is 1. The first-order chi connectivity index (χ1) is 6.65. The predicted octanol–water partition coefficient (Wildman–Crippen LogP) is 1.28. The van der Waals surface area contributed by atoms with Crippen LogP contribution in [-0.4, -0.2) is 37.1 Å². The van der Waals surface area contributed by atoms with Gasteiger partial charge in [-0.15, -0.1) is 0 Å². The summed E-state index contributed by atoms with van der Waals surface area (Å²) in [5, 5.41) is 0. The molecule has 0 spiro atoms. The minimum atomic E-state index is -0.0188. The van der Waals surface area contributed by atoms with Gasteiger partial charge in [0.25, 0.3) is 0 Å². The van der Waals surface area contributed by atoms with E-state index in [0.29, 0.717) is 18.0 Å². The second-order valence-corrected chi connectivity index (χ2v) is 4.73. The topological polar surface area (TPSA) is 29.5 Å². The second kappa shape index (κ2) is 3.54. The maximum atomic E-state index is 11.7. The zero-order chi connectivity index (χ0) is 10.3. The lowest BCUT2D eigenvalue weighted by Crippen LogP contribution is -2.49. The lowest BCUT2D eigenvalue weighted by molar-refractivity contribution is -0.151. The van der Waals surface area contributed by atoms with Gasteiger partial charge < -0.3 is 4.74 Å². The van der Waals surface area contributed by atoms with Gasteiger partial charge in [-0.2, -0.15) is 0 Å². The first-order valence-electron chi connectivity index (χ1n) is 5.45. The molecular weight excluding hydrogens is 178 g/mol. The van der Waals surface area contributed by atoms with Crippen molar-refractivity contribution in [2.24, 2.45) is 11.8 Å². The summed E-state index contributed by atoms with van der Waals surface area (Å²) in [4.78, 5) is 14.0. The smallest absolute Gasteiger partial charge is 0.310 e. The minimum absolute atomic E-state index is 0.0188. The van der Waals surface area contributed by atoms with Crippen LogP contribution in [0.5, 0.6) is 0 Å². The number of rotatable bonds is 1. The lowest BCUT2D eigenvalue weighted by atomic mass is 9.81. The van der Waals surface area contributed by atoms with E-state index in [4.69, 9.17) is 4.74 Å².